The Balaban J connectivity index is 1.53. The highest BCUT2D eigenvalue weighted by Gasteiger charge is 2.19. The second-order valence-corrected chi connectivity index (χ2v) is 6.92. The second kappa shape index (κ2) is 7.00. The van der Waals surface area contributed by atoms with Crippen LogP contribution in [0.4, 0.5) is 5.69 Å². The van der Waals surface area contributed by atoms with Crippen LogP contribution in [-0.4, -0.2) is 37.3 Å². The van der Waals surface area contributed by atoms with E-state index >= 15 is 0 Å². The number of aromatic nitrogens is 5. The summed E-state index contributed by atoms with van der Waals surface area (Å²) in [6.45, 7) is 0.274. The number of benzene rings is 1. The molecule has 4 aromatic heterocycles. The fourth-order valence-corrected chi connectivity index (χ4v) is 3.65. The summed E-state index contributed by atoms with van der Waals surface area (Å²) in [6.07, 6.45) is 4.95. The molecule has 30 heavy (non-hydrogen) atoms. The Morgan fingerprint density at radius 2 is 2.00 bits per heavy atom. The van der Waals surface area contributed by atoms with Crippen LogP contribution in [0.1, 0.15) is 21.7 Å². The van der Waals surface area contributed by atoms with Gasteiger partial charge in [-0.1, -0.05) is 12.1 Å². The molecule has 0 aliphatic heterocycles. The quantitative estimate of drug-likeness (QED) is 0.395. The molecule has 5 aromatic rings. The summed E-state index contributed by atoms with van der Waals surface area (Å²) in [6, 6.07) is 12.8. The maximum absolute atomic E-state index is 13.1. The molecule has 5 rings (SSSR count). The van der Waals surface area contributed by atoms with Crippen molar-refractivity contribution in [1.82, 2.24) is 24.5 Å². The normalized spacial score (nSPS) is 11.2. The monoisotopic (exact) mass is 398 g/mol. The van der Waals surface area contributed by atoms with Crippen LogP contribution in [0.3, 0.4) is 0 Å². The molecule has 0 amide bonds. The van der Waals surface area contributed by atoms with Gasteiger partial charge in [0, 0.05) is 47.8 Å². The zero-order valence-corrected chi connectivity index (χ0v) is 16.1. The molecule has 0 saturated carbocycles. The Hall–Kier alpha value is -4.20. The number of imidazole rings is 1. The van der Waals surface area contributed by atoms with Crippen molar-refractivity contribution in [1.29, 1.82) is 0 Å². The number of hydrogen-bond donors (Lipinski definition) is 3. The van der Waals surface area contributed by atoms with Gasteiger partial charge in [-0.15, -0.1) is 0 Å². The van der Waals surface area contributed by atoms with Crippen molar-refractivity contribution in [3.8, 4) is 0 Å². The van der Waals surface area contributed by atoms with E-state index in [0.29, 0.717) is 33.5 Å². The molecule has 8 nitrogen and oxygen atoms in total. The molecule has 0 spiro atoms. The molecular formula is C22H18N6O2. The average molecular weight is 398 g/mol. The van der Waals surface area contributed by atoms with Crippen LogP contribution >= 0.6 is 0 Å². The van der Waals surface area contributed by atoms with Crippen LogP contribution < -0.4 is 10.9 Å². The van der Waals surface area contributed by atoms with Gasteiger partial charge in [0.1, 0.15) is 11.3 Å². The number of anilines is 1. The summed E-state index contributed by atoms with van der Waals surface area (Å²) in [7, 11) is 1.77. The molecule has 1 aromatic carbocycles. The summed E-state index contributed by atoms with van der Waals surface area (Å²) < 4.78 is 1.55. The Kier molecular flexibility index (Phi) is 4.17. The van der Waals surface area contributed by atoms with E-state index in [2.05, 4.69) is 25.3 Å². The van der Waals surface area contributed by atoms with E-state index in [1.54, 1.807) is 42.3 Å². The number of rotatable bonds is 5. The van der Waals surface area contributed by atoms with Crippen LogP contribution in [0.5, 0.6) is 0 Å². The van der Waals surface area contributed by atoms with Crippen LogP contribution in [0.2, 0.25) is 0 Å². The Morgan fingerprint density at radius 3 is 2.83 bits per heavy atom. The SMILES string of the molecule is CNc1ccccc1C(=O)c1c[nH]c2c(=O)n(Cc3nc4ncccc4[nH]3)ccc12. The topological polar surface area (TPSA) is 108 Å². The summed E-state index contributed by atoms with van der Waals surface area (Å²) in [4.78, 5) is 40.9. The van der Waals surface area contributed by atoms with Gasteiger partial charge in [0.15, 0.2) is 11.4 Å². The Morgan fingerprint density at radius 1 is 1.13 bits per heavy atom. The number of nitrogens with zero attached hydrogens (tertiary/aromatic N) is 3. The first-order valence-electron chi connectivity index (χ1n) is 9.47. The highest BCUT2D eigenvalue weighted by molar-refractivity contribution is 6.18. The number of fused-ring (bicyclic) bond motifs is 2. The largest absolute Gasteiger partial charge is 0.388 e. The second-order valence-electron chi connectivity index (χ2n) is 6.92. The van der Waals surface area contributed by atoms with Crippen molar-refractivity contribution >= 4 is 33.5 Å². The van der Waals surface area contributed by atoms with E-state index in [1.807, 2.05) is 30.3 Å². The first kappa shape index (κ1) is 17.9. The van der Waals surface area contributed by atoms with E-state index in [1.165, 1.54) is 0 Å². The third kappa shape index (κ3) is 2.86. The molecule has 0 aliphatic carbocycles. The standard InChI is InChI=1S/C22H18N6O2/c1-23-16-6-3-2-5-14(16)20(29)15-11-25-19-13(15)8-10-28(22(19)30)12-18-26-17-7-4-9-24-21(17)27-18/h2-11,23,25H,12H2,1H3,(H,24,26,27). The van der Waals surface area contributed by atoms with Gasteiger partial charge in [0.2, 0.25) is 0 Å². The van der Waals surface area contributed by atoms with Gasteiger partial charge in [-0.3, -0.25) is 9.59 Å². The molecule has 0 fully saturated rings. The van der Waals surface area contributed by atoms with Gasteiger partial charge < -0.3 is 19.9 Å². The lowest BCUT2D eigenvalue weighted by Crippen LogP contribution is -2.20. The Bertz CT molecular complexity index is 1430. The zero-order valence-electron chi connectivity index (χ0n) is 16.1. The van der Waals surface area contributed by atoms with E-state index < -0.39 is 0 Å². The Labute approximate surface area is 170 Å². The number of nitrogens with one attached hydrogen (secondary N) is 3. The minimum Gasteiger partial charge on any atom is -0.388 e. The van der Waals surface area contributed by atoms with E-state index in [0.717, 1.165) is 11.2 Å². The lowest BCUT2D eigenvalue weighted by molar-refractivity contribution is 0.104. The highest BCUT2D eigenvalue weighted by atomic mass is 16.1. The molecule has 0 atom stereocenters. The number of pyridine rings is 2. The fourth-order valence-electron chi connectivity index (χ4n) is 3.65. The molecule has 0 saturated heterocycles. The van der Waals surface area contributed by atoms with E-state index in [-0.39, 0.29) is 17.9 Å². The molecule has 0 aliphatic rings. The number of ketones is 1. The highest BCUT2D eigenvalue weighted by Crippen LogP contribution is 2.23. The number of hydrogen-bond acceptors (Lipinski definition) is 5. The van der Waals surface area contributed by atoms with Gasteiger partial charge >= 0.3 is 0 Å². The summed E-state index contributed by atoms with van der Waals surface area (Å²) in [5, 5.41) is 3.63. The minimum absolute atomic E-state index is 0.147. The first-order valence-corrected chi connectivity index (χ1v) is 9.47. The van der Waals surface area contributed by atoms with E-state index in [4.69, 9.17) is 0 Å². The van der Waals surface area contributed by atoms with Crippen LogP contribution in [0.25, 0.3) is 22.1 Å². The number of aromatic amines is 2. The predicted molar refractivity (Wildman–Crippen MR) is 115 cm³/mol. The molecule has 0 unspecified atom stereocenters. The number of para-hydroxylation sites is 1. The van der Waals surface area contributed by atoms with Crippen LogP contribution in [0.15, 0.2) is 65.8 Å². The van der Waals surface area contributed by atoms with Gasteiger partial charge in [0.25, 0.3) is 5.56 Å². The third-order valence-corrected chi connectivity index (χ3v) is 5.13. The molecule has 148 valence electrons. The fraction of sp³-hybridized carbons (Fsp3) is 0.0909. The molecule has 4 heterocycles. The average Bonchev–Trinajstić information content (AvgIpc) is 3.39. The molecular weight excluding hydrogens is 380 g/mol. The van der Waals surface area contributed by atoms with Gasteiger partial charge in [-0.05, 0) is 30.3 Å². The van der Waals surface area contributed by atoms with Crippen molar-refractivity contribution in [2.24, 2.45) is 0 Å². The number of carbonyl (C=O) groups is 1. The minimum atomic E-state index is -0.220. The van der Waals surface area contributed by atoms with Crippen LogP contribution in [-0.2, 0) is 6.54 Å². The molecule has 3 N–H and O–H groups in total. The maximum Gasteiger partial charge on any atom is 0.275 e. The van der Waals surface area contributed by atoms with Gasteiger partial charge in [-0.2, -0.15) is 0 Å². The summed E-state index contributed by atoms with van der Waals surface area (Å²) in [5.41, 5.74) is 3.35. The molecule has 0 bridgehead atoms. The zero-order chi connectivity index (χ0) is 20.7. The van der Waals surface area contributed by atoms with Crippen LogP contribution in [0, 0.1) is 0 Å². The van der Waals surface area contributed by atoms with Crippen molar-refractivity contribution < 1.29 is 4.79 Å². The molecule has 0 radical (unpaired) electrons. The van der Waals surface area contributed by atoms with Crippen molar-refractivity contribution in [2.45, 2.75) is 6.54 Å². The smallest absolute Gasteiger partial charge is 0.275 e. The lowest BCUT2D eigenvalue weighted by Gasteiger charge is -2.07. The molecule has 8 heteroatoms. The summed E-state index contributed by atoms with van der Waals surface area (Å²) >= 11 is 0. The van der Waals surface area contributed by atoms with Gasteiger partial charge in [-0.25, -0.2) is 9.97 Å². The van der Waals surface area contributed by atoms with Crippen molar-refractivity contribution in [3.05, 3.63) is 88.4 Å². The number of H-pyrrole nitrogens is 2. The predicted octanol–water partition coefficient (Wildman–Crippen LogP) is 2.92. The van der Waals surface area contributed by atoms with Crippen molar-refractivity contribution in [3.63, 3.8) is 0 Å². The van der Waals surface area contributed by atoms with Crippen molar-refractivity contribution in [2.75, 3.05) is 12.4 Å². The number of carbonyl (C=O) groups excluding carboxylic acids is 1. The first-order chi connectivity index (χ1) is 14.7. The van der Waals surface area contributed by atoms with E-state index in [9.17, 15) is 9.59 Å². The third-order valence-electron chi connectivity index (χ3n) is 5.13. The van der Waals surface area contributed by atoms with Gasteiger partial charge in [0.05, 0.1) is 12.1 Å². The summed E-state index contributed by atoms with van der Waals surface area (Å²) in [5.74, 6) is 0.489. The lowest BCUT2D eigenvalue weighted by atomic mass is 10.0. The maximum atomic E-state index is 13.1.